The van der Waals surface area contributed by atoms with Crippen LogP contribution in [0.15, 0.2) is 24.3 Å². The second-order valence-corrected chi connectivity index (χ2v) is 5.36. The van der Waals surface area contributed by atoms with Gasteiger partial charge < -0.3 is 15.4 Å². The first-order chi connectivity index (χ1) is 9.69. The van der Waals surface area contributed by atoms with Crippen LogP contribution in [0.4, 0.5) is 0 Å². The van der Waals surface area contributed by atoms with Gasteiger partial charge in [0.1, 0.15) is 5.75 Å². The van der Waals surface area contributed by atoms with Gasteiger partial charge in [-0.25, -0.2) is 0 Å². The Balaban J connectivity index is 1.75. The fraction of sp³-hybridized carbons (Fsp3) is 0.562. The van der Waals surface area contributed by atoms with Gasteiger partial charge in [-0.15, -0.1) is 0 Å². The Kier molecular flexibility index (Phi) is 5.41. The Morgan fingerprint density at radius 2 is 2.05 bits per heavy atom. The molecule has 1 amide bonds. The first-order valence-corrected chi connectivity index (χ1v) is 7.44. The fourth-order valence-corrected chi connectivity index (χ4v) is 1.94. The van der Waals surface area contributed by atoms with Crippen molar-refractivity contribution >= 4 is 5.91 Å². The summed E-state index contributed by atoms with van der Waals surface area (Å²) in [4.78, 5) is 11.6. The minimum atomic E-state index is 0.0854. The van der Waals surface area contributed by atoms with E-state index in [0.29, 0.717) is 12.6 Å². The highest BCUT2D eigenvalue weighted by molar-refractivity contribution is 5.78. The molecule has 4 heteroatoms. The van der Waals surface area contributed by atoms with Crippen molar-refractivity contribution in [1.82, 2.24) is 10.6 Å². The zero-order chi connectivity index (χ0) is 14.4. The third-order valence-corrected chi connectivity index (χ3v) is 3.36. The van der Waals surface area contributed by atoms with Crippen molar-refractivity contribution in [2.24, 2.45) is 0 Å². The lowest BCUT2D eigenvalue weighted by Gasteiger charge is -2.15. The van der Waals surface area contributed by atoms with E-state index >= 15 is 0 Å². The van der Waals surface area contributed by atoms with Crippen LogP contribution in [0.5, 0.6) is 5.75 Å². The van der Waals surface area contributed by atoms with Gasteiger partial charge in [0, 0.05) is 12.1 Å². The van der Waals surface area contributed by atoms with Crippen LogP contribution >= 0.6 is 0 Å². The van der Waals surface area contributed by atoms with Crippen LogP contribution in [0, 0.1) is 0 Å². The van der Waals surface area contributed by atoms with Gasteiger partial charge in [0.05, 0.1) is 13.2 Å². The molecule has 1 fully saturated rings. The van der Waals surface area contributed by atoms with Crippen molar-refractivity contribution in [3.05, 3.63) is 29.8 Å². The summed E-state index contributed by atoms with van der Waals surface area (Å²) in [5.41, 5.74) is 1.16. The number of benzene rings is 1. The van der Waals surface area contributed by atoms with Crippen molar-refractivity contribution in [2.75, 3.05) is 13.2 Å². The number of carbonyl (C=O) groups is 1. The van der Waals surface area contributed by atoms with E-state index in [2.05, 4.69) is 24.5 Å². The van der Waals surface area contributed by atoms with Gasteiger partial charge in [-0.2, -0.15) is 0 Å². The summed E-state index contributed by atoms with van der Waals surface area (Å²) in [5.74, 6) is 0.983. The van der Waals surface area contributed by atoms with Crippen molar-refractivity contribution in [2.45, 2.75) is 45.2 Å². The van der Waals surface area contributed by atoms with E-state index in [4.69, 9.17) is 4.74 Å². The Labute approximate surface area is 120 Å². The molecule has 0 radical (unpaired) electrons. The van der Waals surface area contributed by atoms with Crippen LogP contribution in [-0.2, 0) is 4.79 Å². The van der Waals surface area contributed by atoms with Crippen LogP contribution in [0.2, 0.25) is 0 Å². The normalized spacial score (nSPS) is 15.7. The van der Waals surface area contributed by atoms with Crippen LogP contribution in [0.1, 0.15) is 44.7 Å². The number of amides is 1. The number of ether oxygens (including phenoxy) is 1. The molecule has 1 aromatic carbocycles. The molecule has 110 valence electrons. The number of nitrogens with one attached hydrogen (secondary N) is 2. The molecule has 0 spiro atoms. The minimum Gasteiger partial charge on any atom is -0.494 e. The Hall–Kier alpha value is -1.55. The molecular weight excluding hydrogens is 252 g/mol. The Morgan fingerprint density at radius 1 is 1.35 bits per heavy atom. The highest BCUT2D eigenvalue weighted by Crippen LogP contribution is 2.19. The molecule has 0 aromatic heterocycles. The van der Waals surface area contributed by atoms with E-state index in [1.165, 1.54) is 0 Å². The molecule has 20 heavy (non-hydrogen) atoms. The van der Waals surface area contributed by atoms with Gasteiger partial charge in [-0.3, -0.25) is 4.79 Å². The standard InChI is InChI=1S/C16H24N2O2/c1-3-10-20-15-8-4-13(5-9-15)12(2)17-11-16(19)18-14-6-7-14/h4-5,8-9,12,14,17H,3,6-7,10-11H2,1-2H3,(H,18,19). The quantitative estimate of drug-likeness (QED) is 0.766. The van der Waals surface area contributed by atoms with E-state index in [1.807, 2.05) is 24.3 Å². The van der Waals surface area contributed by atoms with Gasteiger partial charge in [-0.05, 0) is 43.9 Å². The average molecular weight is 276 g/mol. The van der Waals surface area contributed by atoms with E-state index in [1.54, 1.807) is 0 Å². The second-order valence-electron chi connectivity index (χ2n) is 5.36. The molecule has 2 N–H and O–H groups in total. The molecule has 1 unspecified atom stereocenters. The summed E-state index contributed by atoms with van der Waals surface area (Å²) < 4.78 is 5.55. The third-order valence-electron chi connectivity index (χ3n) is 3.36. The maximum atomic E-state index is 11.6. The summed E-state index contributed by atoms with van der Waals surface area (Å²) in [6, 6.07) is 8.62. The van der Waals surface area contributed by atoms with Gasteiger partial charge in [0.2, 0.25) is 5.91 Å². The maximum Gasteiger partial charge on any atom is 0.234 e. The zero-order valence-corrected chi connectivity index (χ0v) is 12.3. The molecule has 0 aliphatic heterocycles. The number of hydrogen-bond donors (Lipinski definition) is 2. The van der Waals surface area contributed by atoms with Crippen LogP contribution in [0.3, 0.4) is 0 Å². The van der Waals surface area contributed by atoms with E-state index < -0.39 is 0 Å². The van der Waals surface area contributed by atoms with Gasteiger partial charge >= 0.3 is 0 Å². The lowest BCUT2D eigenvalue weighted by Crippen LogP contribution is -2.36. The number of hydrogen-bond acceptors (Lipinski definition) is 3. The fourth-order valence-electron chi connectivity index (χ4n) is 1.94. The predicted octanol–water partition coefficient (Wildman–Crippen LogP) is 2.40. The zero-order valence-electron chi connectivity index (χ0n) is 12.3. The third kappa shape index (κ3) is 4.85. The molecule has 2 rings (SSSR count). The lowest BCUT2D eigenvalue weighted by atomic mass is 10.1. The topological polar surface area (TPSA) is 50.4 Å². The SMILES string of the molecule is CCCOc1ccc(C(C)NCC(=O)NC2CC2)cc1. The molecule has 1 saturated carbocycles. The molecule has 0 bridgehead atoms. The Bertz CT molecular complexity index is 427. The summed E-state index contributed by atoms with van der Waals surface area (Å²) in [6.07, 6.45) is 3.26. The van der Waals surface area contributed by atoms with Crippen LogP contribution in [-0.4, -0.2) is 25.1 Å². The van der Waals surface area contributed by atoms with Crippen LogP contribution < -0.4 is 15.4 Å². The van der Waals surface area contributed by atoms with Crippen molar-refractivity contribution in [1.29, 1.82) is 0 Å². The van der Waals surface area contributed by atoms with Gasteiger partial charge in [-0.1, -0.05) is 19.1 Å². The molecule has 1 aliphatic carbocycles. The summed E-state index contributed by atoms with van der Waals surface area (Å²) >= 11 is 0. The van der Waals surface area contributed by atoms with Crippen molar-refractivity contribution in [3.63, 3.8) is 0 Å². The summed E-state index contributed by atoms with van der Waals surface area (Å²) in [7, 11) is 0. The van der Waals surface area contributed by atoms with Crippen molar-refractivity contribution < 1.29 is 9.53 Å². The average Bonchev–Trinajstić information content (AvgIpc) is 3.27. The molecular formula is C16H24N2O2. The second kappa shape index (κ2) is 7.29. The van der Waals surface area contributed by atoms with Gasteiger partial charge in [0.25, 0.3) is 0 Å². The minimum absolute atomic E-state index is 0.0854. The van der Waals surface area contributed by atoms with Crippen LogP contribution in [0.25, 0.3) is 0 Å². The van der Waals surface area contributed by atoms with E-state index in [0.717, 1.165) is 37.2 Å². The molecule has 1 atom stereocenters. The highest BCUT2D eigenvalue weighted by atomic mass is 16.5. The molecule has 0 saturated heterocycles. The summed E-state index contributed by atoms with van der Waals surface area (Å²) in [5, 5.41) is 6.21. The molecule has 1 aromatic rings. The van der Waals surface area contributed by atoms with E-state index in [9.17, 15) is 4.79 Å². The first-order valence-electron chi connectivity index (χ1n) is 7.44. The Morgan fingerprint density at radius 3 is 2.65 bits per heavy atom. The van der Waals surface area contributed by atoms with Crippen molar-refractivity contribution in [3.8, 4) is 5.75 Å². The molecule has 0 heterocycles. The lowest BCUT2D eigenvalue weighted by molar-refractivity contribution is -0.120. The van der Waals surface area contributed by atoms with Gasteiger partial charge in [0.15, 0.2) is 0 Å². The predicted molar refractivity (Wildman–Crippen MR) is 79.8 cm³/mol. The first kappa shape index (κ1) is 14.9. The number of carbonyl (C=O) groups excluding carboxylic acids is 1. The molecule has 4 nitrogen and oxygen atoms in total. The highest BCUT2D eigenvalue weighted by Gasteiger charge is 2.23. The maximum absolute atomic E-state index is 11.6. The van der Waals surface area contributed by atoms with E-state index in [-0.39, 0.29) is 11.9 Å². The smallest absolute Gasteiger partial charge is 0.234 e. The molecule has 1 aliphatic rings. The summed E-state index contributed by atoms with van der Waals surface area (Å²) in [6.45, 7) is 5.26. The monoisotopic (exact) mass is 276 g/mol. The number of rotatable bonds is 8. The largest absolute Gasteiger partial charge is 0.494 e.